The molecule has 1 heterocycles. The maximum absolute atomic E-state index is 11.3. The first kappa shape index (κ1) is 11.0. The summed E-state index contributed by atoms with van der Waals surface area (Å²) in [6.07, 6.45) is 1.82. The normalized spacial score (nSPS) is 12.8. The highest BCUT2D eigenvalue weighted by atomic mass is 79.9. The van der Waals surface area contributed by atoms with Crippen LogP contribution in [0, 0.1) is 5.92 Å². The predicted octanol–water partition coefficient (Wildman–Crippen LogP) is 2.64. The Kier molecular flexibility index (Phi) is 4.19. The molecule has 0 saturated carbocycles. The first-order valence-corrected chi connectivity index (χ1v) is 5.97. The zero-order chi connectivity index (χ0) is 9.84. The van der Waals surface area contributed by atoms with Crippen molar-refractivity contribution in [2.24, 2.45) is 5.92 Å². The number of hydrogen-bond acceptors (Lipinski definition) is 1. The molecule has 1 rings (SSSR count). The fourth-order valence-electron chi connectivity index (χ4n) is 1.03. The van der Waals surface area contributed by atoms with E-state index in [0.717, 1.165) is 16.3 Å². The molecule has 0 aliphatic carbocycles. The molecule has 1 aromatic rings. The van der Waals surface area contributed by atoms with Crippen LogP contribution >= 0.6 is 31.9 Å². The Balaban J connectivity index is 2.87. The van der Waals surface area contributed by atoms with Crippen LogP contribution in [0.15, 0.2) is 27.6 Å². The summed E-state index contributed by atoms with van der Waals surface area (Å²) in [5.41, 5.74) is 0.0519. The molecule has 0 bridgehead atoms. The van der Waals surface area contributed by atoms with E-state index >= 15 is 0 Å². The summed E-state index contributed by atoms with van der Waals surface area (Å²) in [5, 5.41) is 0.909. The summed E-state index contributed by atoms with van der Waals surface area (Å²) < 4.78 is 2.66. The zero-order valence-corrected chi connectivity index (χ0v) is 10.5. The monoisotopic (exact) mass is 307 g/mol. The van der Waals surface area contributed by atoms with Gasteiger partial charge >= 0.3 is 0 Å². The van der Waals surface area contributed by atoms with E-state index in [-0.39, 0.29) is 5.56 Å². The topological polar surface area (TPSA) is 22.0 Å². The van der Waals surface area contributed by atoms with Gasteiger partial charge in [0.15, 0.2) is 0 Å². The fraction of sp³-hybridized carbons (Fsp3) is 0.444. The molecule has 13 heavy (non-hydrogen) atoms. The molecule has 1 atom stereocenters. The molecule has 0 saturated heterocycles. The Hall–Kier alpha value is -0.0900. The molecule has 0 fully saturated rings. The number of rotatable bonds is 3. The average molecular weight is 309 g/mol. The SMILES string of the molecule is CC(CBr)Cn1cc(Br)ccc1=O. The molecule has 0 aliphatic rings. The van der Waals surface area contributed by atoms with Crippen LogP contribution in [-0.4, -0.2) is 9.90 Å². The van der Waals surface area contributed by atoms with Gasteiger partial charge in [0.05, 0.1) is 0 Å². The van der Waals surface area contributed by atoms with Crippen LogP contribution in [0.25, 0.3) is 0 Å². The molecule has 0 aromatic carbocycles. The van der Waals surface area contributed by atoms with Crippen molar-refractivity contribution in [3.05, 3.63) is 33.2 Å². The van der Waals surface area contributed by atoms with Gasteiger partial charge in [-0.15, -0.1) is 0 Å². The van der Waals surface area contributed by atoms with E-state index in [0.29, 0.717) is 5.92 Å². The maximum atomic E-state index is 11.3. The zero-order valence-electron chi connectivity index (χ0n) is 7.34. The smallest absolute Gasteiger partial charge is 0.250 e. The first-order valence-electron chi connectivity index (χ1n) is 4.05. The van der Waals surface area contributed by atoms with Crippen LogP contribution in [0.2, 0.25) is 0 Å². The van der Waals surface area contributed by atoms with Crippen molar-refractivity contribution in [1.29, 1.82) is 0 Å². The fourth-order valence-corrected chi connectivity index (χ4v) is 1.61. The van der Waals surface area contributed by atoms with Gasteiger partial charge in [-0.2, -0.15) is 0 Å². The lowest BCUT2D eigenvalue weighted by Gasteiger charge is -2.10. The van der Waals surface area contributed by atoms with E-state index < -0.39 is 0 Å². The van der Waals surface area contributed by atoms with Crippen LogP contribution in [0.5, 0.6) is 0 Å². The Bertz CT molecular complexity index is 335. The van der Waals surface area contributed by atoms with Crippen LogP contribution < -0.4 is 5.56 Å². The highest BCUT2D eigenvalue weighted by molar-refractivity contribution is 9.10. The molecule has 0 aliphatic heterocycles. The number of hydrogen-bond donors (Lipinski definition) is 0. The van der Waals surface area contributed by atoms with Gasteiger partial charge in [-0.05, 0) is 27.9 Å². The lowest BCUT2D eigenvalue weighted by molar-refractivity contribution is 0.520. The average Bonchev–Trinajstić information content (AvgIpc) is 2.11. The minimum absolute atomic E-state index is 0.0519. The van der Waals surface area contributed by atoms with Crippen molar-refractivity contribution in [1.82, 2.24) is 4.57 Å². The third-order valence-corrected chi connectivity index (χ3v) is 3.29. The predicted molar refractivity (Wildman–Crippen MR) is 61.4 cm³/mol. The van der Waals surface area contributed by atoms with Crippen LogP contribution in [0.3, 0.4) is 0 Å². The summed E-state index contributed by atoms with van der Waals surface area (Å²) in [4.78, 5) is 11.3. The number of alkyl halides is 1. The summed E-state index contributed by atoms with van der Waals surface area (Å²) in [6.45, 7) is 2.85. The van der Waals surface area contributed by atoms with Crippen molar-refractivity contribution in [2.45, 2.75) is 13.5 Å². The number of nitrogens with zero attached hydrogens (tertiary/aromatic N) is 1. The quantitative estimate of drug-likeness (QED) is 0.787. The molecule has 1 unspecified atom stereocenters. The summed E-state index contributed by atoms with van der Waals surface area (Å²) in [5.74, 6) is 0.465. The number of pyridine rings is 1. The Morgan fingerprint density at radius 2 is 2.23 bits per heavy atom. The molecule has 0 spiro atoms. The lowest BCUT2D eigenvalue weighted by Crippen LogP contribution is -2.22. The van der Waals surface area contributed by atoms with E-state index in [1.807, 2.05) is 6.20 Å². The minimum Gasteiger partial charge on any atom is -0.314 e. The number of aromatic nitrogens is 1. The summed E-state index contributed by atoms with van der Waals surface area (Å²) in [7, 11) is 0. The molecule has 72 valence electrons. The van der Waals surface area contributed by atoms with E-state index in [1.54, 1.807) is 16.7 Å². The largest absolute Gasteiger partial charge is 0.314 e. The Morgan fingerprint density at radius 3 is 2.85 bits per heavy atom. The third-order valence-electron chi connectivity index (χ3n) is 1.72. The second-order valence-corrected chi connectivity index (χ2v) is 4.66. The maximum Gasteiger partial charge on any atom is 0.250 e. The second-order valence-electron chi connectivity index (χ2n) is 3.10. The lowest BCUT2D eigenvalue weighted by atomic mass is 10.2. The highest BCUT2D eigenvalue weighted by Crippen LogP contribution is 2.07. The Morgan fingerprint density at radius 1 is 1.54 bits per heavy atom. The molecule has 0 amide bonds. The first-order chi connectivity index (χ1) is 6.13. The van der Waals surface area contributed by atoms with Crippen molar-refractivity contribution in [3.8, 4) is 0 Å². The molecular weight excluding hydrogens is 298 g/mol. The Labute approximate surface area is 94.2 Å². The molecule has 1 aromatic heterocycles. The van der Waals surface area contributed by atoms with E-state index in [9.17, 15) is 4.79 Å². The van der Waals surface area contributed by atoms with Crippen molar-refractivity contribution >= 4 is 31.9 Å². The van der Waals surface area contributed by atoms with Gasteiger partial charge in [0.2, 0.25) is 0 Å². The highest BCUT2D eigenvalue weighted by Gasteiger charge is 2.02. The van der Waals surface area contributed by atoms with Gasteiger partial charge in [-0.25, -0.2) is 0 Å². The van der Waals surface area contributed by atoms with E-state index in [4.69, 9.17) is 0 Å². The summed E-state index contributed by atoms with van der Waals surface area (Å²) >= 11 is 6.72. The minimum atomic E-state index is 0.0519. The van der Waals surface area contributed by atoms with Gasteiger partial charge < -0.3 is 4.57 Å². The molecular formula is C9H11Br2NO. The van der Waals surface area contributed by atoms with Crippen LogP contribution in [-0.2, 0) is 6.54 Å². The van der Waals surface area contributed by atoms with Crippen LogP contribution in [0.4, 0.5) is 0 Å². The third kappa shape index (κ3) is 3.27. The van der Waals surface area contributed by atoms with E-state index in [1.165, 1.54) is 0 Å². The molecule has 0 N–H and O–H groups in total. The van der Waals surface area contributed by atoms with E-state index in [2.05, 4.69) is 38.8 Å². The van der Waals surface area contributed by atoms with Gasteiger partial charge in [0.25, 0.3) is 5.56 Å². The molecule has 4 heteroatoms. The molecule has 2 nitrogen and oxygen atoms in total. The van der Waals surface area contributed by atoms with Crippen molar-refractivity contribution in [3.63, 3.8) is 0 Å². The molecule has 0 radical (unpaired) electrons. The van der Waals surface area contributed by atoms with Crippen LogP contribution in [0.1, 0.15) is 6.92 Å². The van der Waals surface area contributed by atoms with Gasteiger partial charge in [0, 0.05) is 28.6 Å². The van der Waals surface area contributed by atoms with Gasteiger partial charge in [0.1, 0.15) is 0 Å². The summed E-state index contributed by atoms with van der Waals surface area (Å²) in [6, 6.07) is 3.34. The second kappa shape index (κ2) is 4.96. The van der Waals surface area contributed by atoms with Crippen molar-refractivity contribution < 1.29 is 0 Å². The van der Waals surface area contributed by atoms with Crippen molar-refractivity contribution in [2.75, 3.05) is 5.33 Å². The number of halogens is 2. The van der Waals surface area contributed by atoms with Gasteiger partial charge in [-0.1, -0.05) is 22.9 Å². The van der Waals surface area contributed by atoms with Gasteiger partial charge in [-0.3, -0.25) is 4.79 Å². The standard InChI is InChI=1S/C9H11Br2NO/c1-7(4-10)5-12-6-8(11)2-3-9(12)13/h2-3,6-7H,4-5H2,1H3.